The first-order valence-corrected chi connectivity index (χ1v) is 4.03. The molecule has 2 fully saturated rings. The molecular formula is C7H11N3O2. The van der Waals surface area contributed by atoms with Gasteiger partial charge in [-0.05, 0) is 18.8 Å². The Balaban J connectivity index is 2.26. The summed E-state index contributed by atoms with van der Waals surface area (Å²) in [5.41, 5.74) is 4.69. The molecule has 0 aromatic rings. The van der Waals surface area contributed by atoms with E-state index in [0.717, 1.165) is 12.8 Å². The summed E-state index contributed by atoms with van der Waals surface area (Å²) < 4.78 is 0. The first-order chi connectivity index (χ1) is 5.69. The summed E-state index contributed by atoms with van der Waals surface area (Å²) in [5.74, 6) is -0.0218. The van der Waals surface area contributed by atoms with E-state index < -0.39 is 11.6 Å². The summed E-state index contributed by atoms with van der Waals surface area (Å²) in [5, 5.41) is 4.82. The summed E-state index contributed by atoms with van der Waals surface area (Å²) in [6.07, 6.45) is 1.95. The third kappa shape index (κ3) is 0.828. The van der Waals surface area contributed by atoms with Crippen LogP contribution in [-0.4, -0.2) is 24.0 Å². The Labute approximate surface area is 69.7 Å². The van der Waals surface area contributed by atoms with Gasteiger partial charge in [-0.1, -0.05) is 0 Å². The van der Waals surface area contributed by atoms with E-state index in [1.807, 2.05) is 0 Å². The number of hydrogen-bond acceptors (Lipinski definition) is 3. The van der Waals surface area contributed by atoms with Gasteiger partial charge in [0.15, 0.2) is 0 Å². The molecule has 0 aromatic carbocycles. The topological polar surface area (TPSA) is 84.2 Å². The van der Waals surface area contributed by atoms with Crippen LogP contribution in [0.3, 0.4) is 0 Å². The molecule has 0 radical (unpaired) electrons. The number of nitrogens with one attached hydrogen (secondary N) is 2. The quantitative estimate of drug-likeness (QED) is 0.460. The van der Waals surface area contributed by atoms with Crippen LogP contribution in [0.15, 0.2) is 0 Å². The van der Waals surface area contributed by atoms with E-state index in [9.17, 15) is 9.59 Å². The van der Waals surface area contributed by atoms with Crippen LogP contribution in [0.4, 0.5) is 4.79 Å². The smallest absolute Gasteiger partial charge is 0.322 e. The number of nitrogens with two attached hydrogens (primary N) is 1. The Hall–Kier alpha value is -1.10. The lowest BCUT2D eigenvalue weighted by Crippen LogP contribution is -2.54. The lowest BCUT2D eigenvalue weighted by Gasteiger charge is -2.23. The molecule has 5 nitrogen and oxygen atoms in total. The van der Waals surface area contributed by atoms with Crippen molar-refractivity contribution in [2.45, 2.75) is 18.4 Å². The molecule has 0 aromatic heterocycles. The van der Waals surface area contributed by atoms with Gasteiger partial charge in [-0.25, -0.2) is 4.79 Å². The number of imide groups is 1. The SMILES string of the molecule is NCC1(C2CC2)NC(=O)NC1=O. The van der Waals surface area contributed by atoms with Crippen molar-refractivity contribution in [2.24, 2.45) is 11.7 Å². The molecule has 4 N–H and O–H groups in total. The van der Waals surface area contributed by atoms with Crippen LogP contribution in [0.2, 0.25) is 0 Å². The molecule has 0 spiro atoms. The van der Waals surface area contributed by atoms with E-state index >= 15 is 0 Å². The molecule has 1 aliphatic carbocycles. The molecule has 66 valence electrons. The van der Waals surface area contributed by atoms with Crippen molar-refractivity contribution >= 4 is 11.9 Å². The van der Waals surface area contributed by atoms with Gasteiger partial charge in [-0.2, -0.15) is 0 Å². The molecule has 1 heterocycles. The molecule has 3 amide bonds. The number of rotatable bonds is 2. The number of carbonyl (C=O) groups excluding carboxylic acids is 2. The Morgan fingerprint density at radius 2 is 2.17 bits per heavy atom. The third-order valence-corrected chi connectivity index (χ3v) is 2.57. The highest BCUT2D eigenvalue weighted by Crippen LogP contribution is 2.40. The van der Waals surface area contributed by atoms with Crippen molar-refractivity contribution in [2.75, 3.05) is 6.54 Å². The Bertz CT molecular complexity index is 249. The maximum atomic E-state index is 11.3. The molecule has 1 aliphatic heterocycles. The van der Waals surface area contributed by atoms with Crippen molar-refractivity contribution in [3.05, 3.63) is 0 Å². The zero-order valence-electron chi connectivity index (χ0n) is 6.59. The van der Waals surface area contributed by atoms with E-state index in [-0.39, 0.29) is 18.4 Å². The molecule has 2 aliphatic rings. The summed E-state index contributed by atoms with van der Waals surface area (Å²) in [7, 11) is 0. The van der Waals surface area contributed by atoms with Crippen molar-refractivity contribution in [3.8, 4) is 0 Å². The van der Waals surface area contributed by atoms with Gasteiger partial charge in [0.05, 0.1) is 0 Å². The fourth-order valence-corrected chi connectivity index (χ4v) is 1.68. The van der Waals surface area contributed by atoms with Gasteiger partial charge in [0.25, 0.3) is 5.91 Å². The number of hydrogen-bond donors (Lipinski definition) is 3. The monoisotopic (exact) mass is 169 g/mol. The molecule has 12 heavy (non-hydrogen) atoms. The van der Waals surface area contributed by atoms with Crippen LogP contribution >= 0.6 is 0 Å². The summed E-state index contributed by atoms with van der Waals surface area (Å²) in [6, 6.07) is -0.419. The predicted molar refractivity (Wildman–Crippen MR) is 41.2 cm³/mol. The van der Waals surface area contributed by atoms with Crippen molar-refractivity contribution < 1.29 is 9.59 Å². The lowest BCUT2D eigenvalue weighted by atomic mass is 9.94. The molecule has 0 bridgehead atoms. The van der Waals surface area contributed by atoms with Crippen LogP contribution < -0.4 is 16.4 Å². The summed E-state index contributed by atoms with van der Waals surface area (Å²) >= 11 is 0. The highest BCUT2D eigenvalue weighted by molar-refractivity contribution is 6.07. The van der Waals surface area contributed by atoms with Crippen molar-refractivity contribution in [1.82, 2.24) is 10.6 Å². The van der Waals surface area contributed by atoms with E-state index in [2.05, 4.69) is 10.6 Å². The van der Waals surface area contributed by atoms with Crippen LogP contribution in [0.25, 0.3) is 0 Å². The minimum atomic E-state index is -0.795. The normalized spacial score (nSPS) is 34.8. The van der Waals surface area contributed by atoms with Gasteiger partial charge in [-0.15, -0.1) is 0 Å². The fourth-order valence-electron chi connectivity index (χ4n) is 1.68. The van der Waals surface area contributed by atoms with Gasteiger partial charge in [-0.3, -0.25) is 10.1 Å². The third-order valence-electron chi connectivity index (χ3n) is 2.57. The largest absolute Gasteiger partial charge is 0.328 e. The standard InChI is InChI=1S/C7H11N3O2/c8-3-7(4-1-2-4)5(11)9-6(12)10-7/h4H,1-3,8H2,(H2,9,10,11,12). The van der Waals surface area contributed by atoms with Crippen LogP contribution in [0, 0.1) is 5.92 Å². The van der Waals surface area contributed by atoms with Gasteiger partial charge < -0.3 is 11.1 Å². The van der Waals surface area contributed by atoms with Gasteiger partial charge in [0.2, 0.25) is 0 Å². The zero-order chi connectivity index (χ0) is 8.77. The first-order valence-electron chi connectivity index (χ1n) is 4.03. The minimum absolute atomic E-state index is 0.190. The van der Waals surface area contributed by atoms with Crippen LogP contribution in [0.5, 0.6) is 0 Å². The van der Waals surface area contributed by atoms with Crippen LogP contribution in [-0.2, 0) is 4.79 Å². The number of carbonyl (C=O) groups is 2. The Morgan fingerprint density at radius 1 is 1.50 bits per heavy atom. The molecule has 1 unspecified atom stereocenters. The molecule has 5 heteroatoms. The lowest BCUT2D eigenvalue weighted by molar-refractivity contribution is -0.124. The van der Waals surface area contributed by atoms with E-state index in [1.54, 1.807) is 0 Å². The number of urea groups is 1. The second kappa shape index (κ2) is 2.20. The van der Waals surface area contributed by atoms with Crippen molar-refractivity contribution in [3.63, 3.8) is 0 Å². The molecule has 2 rings (SSSR count). The highest BCUT2D eigenvalue weighted by Gasteiger charge is 2.54. The average molecular weight is 169 g/mol. The van der Waals surface area contributed by atoms with E-state index in [4.69, 9.17) is 5.73 Å². The molecule has 1 saturated heterocycles. The van der Waals surface area contributed by atoms with E-state index in [0.29, 0.717) is 0 Å². The second-order valence-corrected chi connectivity index (χ2v) is 3.36. The molecule has 1 saturated carbocycles. The van der Waals surface area contributed by atoms with Crippen molar-refractivity contribution in [1.29, 1.82) is 0 Å². The summed E-state index contributed by atoms with van der Waals surface area (Å²) in [4.78, 5) is 22.2. The maximum absolute atomic E-state index is 11.3. The first kappa shape index (κ1) is 7.54. The Kier molecular flexibility index (Phi) is 1.38. The fraction of sp³-hybridized carbons (Fsp3) is 0.714. The van der Waals surface area contributed by atoms with Crippen LogP contribution in [0.1, 0.15) is 12.8 Å². The zero-order valence-corrected chi connectivity index (χ0v) is 6.59. The second-order valence-electron chi connectivity index (χ2n) is 3.36. The summed E-state index contributed by atoms with van der Waals surface area (Å²) in [6.45, 7) is 0.190. The molecular weight excluding hydrogens is 158 g/mol. The Morgan fingerprint density at radius 3 is 2.50 bits per heavy atom. The van der Waals surface area contributed by atoms with Gasteiger partial charge in [0.1, 0.15) is 5.54 Å². The van der Waals surface area contributed by atoms with Gasteiger partial charge in [0, 0.05) is 6.54 Å². The minimum Gasteiger partial charge on any atom is -0.328 e. The highest BCUT2D eigenvalue weighted by atomic mass is 16.2. The molecule has 1 atom stereocenters. The van der Waals surface area contributed by atoms with E-state index in [1.165, 1.54) is 0 Å². The maximum Gasteiger partial charge on any atom is 0.322 e. The average Bonchev–Trinajstić information content (AvgIpc) is 2.79. The number of amides is 3. The predicted octanol–water partition coefficient (Wildman–Crippen LogP) is -1.07. The van der Waals surface area contributed by atoms with Gasteiger partial charge >= 0.3 is 6.03 Å².